The van der Waals surface area contributed by atoms with E-state index in [4.69, 9.17) is 20.4 Å². The Morgan fingerprint density at radius 2 is 1.37 bits per heavy atom. The van der Waals surface area contributed by atoms with Gasteiger partial charge < -0.3 is 29.9 Å². The molecule has 11 nitrogen and oxygen atoms in total. The molecule has 1 aromatic carbocycles. The predicted octanol–water partition coefficient (Wildman–Crippen LogP) is 4.03. The Morgan fingerprint density at radius 3 is 1.93 bits per heavy atom. The lowest BCUT2D eigenvalue weighted by molar-refractivity contribution is -0.137. The van der Waals surface area contributed by atoms with Gasteiger partial charge in [0.05, 0.1) is 5.56 Å². The van der Waals surface area contributed by atoms with Crippen LogP contribution in [0.3, 0.4) is 0 Å². The van der Waals surface area contributed by atoms with Crippen molar-refractivity contribution in [2.24, 2.45) is 0 Å². The number of nitrogens with zero attached hydrogens (tertiary/aromatic N) is 3. The molecule has 2 saturated heterocycles. The van der Waals surface area contributed by atoms with Crippen molar-refractivity contribution in [2.75, 3.05) is 32.7 Å². The summed E-state index contributed by atoms with van der Waals surface area (Å²) >= 11 is 0. The standard InChI is InChI=1S/C21H28F3N3.2C4H4O4/c22-21(23,24)18-6-7-20-17(15-18)8-12-27(20)11-4-3-9-25-13-14-26-10-2-1-5-19(26)16-25;2*5-3(6)1-2-4(7)8/h6-8,12,15,19H,1-5,9-11,13-14,16H2;2*1-2H,(H,5,6)(H,7,8)/b;2*2-1+. The largest absolute Gasteiger partial charge is 0.478 e. The van der Waals surface area contributed by atoms with Gasteiger partial charge in [0, 0.05) is 73.6 Å². The van der Waals surface area contributed by atoms with E-state index in [1.54, 1.807) is 12.1 Å². The monoisotopic (exact) mass is 611 g/mol. The van der Waals surface area contributed by atoms with Crippen LogP contribution in [0, 0.1) is 0 Å². The number of carboxylic acid groups (broad SMARTS) is 4. The van der Waals surface area contributed by atoms with Gasteiger partial charge in [0.25, 0.3) is 0 Å². The highest BCUT2D eigenvalue weighted by Crippen LogP contribution is 2.31. The van der Waals surface area contributed by atoms with Crippen LogP contribution >= 0.6 is 0 Å². The molecule has 4 N–H and O–H groups in total. The number of benzene rings is 1. The van der Waals surface area contributed by atoms with Crippen molar-refractivity contribution >= 4 is 34.8 Å². The summed E-state index contributed by atoms with van der Waals surface area (Å²) in [5.41, 5.74) is 0.313. The number of piperidine rings is 1. The van der Waals surface area contributed by atoms with E-state index in [0.717, 1.165) is 37.5 Å². The fourth-order valence-electron chi connectivity index (χ4n) is 4.90. The molecule has 2 fully saturated rings. The van der Waals surface area contributed by atoms with Gasteiger partial charge >= 0.3 is 30.1 Å². The van der Waals surface area contributed by atoms with Gasteiger partial charge in [-0.15, -0.1) is 0 Å². The van der Waals surface area contributed by atoms with Crippen molar-refractivity contribution in [3.05, 3.63) is 60.3 Å². The fourth-order valence-corrected chi connectivity index (χ4v) is 4.90. The lowest BCUT2D eigenvalue weighted by Crippen LogP contribution is -2.54. The van der Waals surface area contributed by atoms with Crippen LogP contribution in [-0.2, 0) is 31.9 Å². The summed E-state index contributed by atoms with van der Waals surface area (Å²) in [5, 5.41) is 31.9. The third-order valence-corrected chi connectivity index (χ3v) is 6.88. The number of aromatic nitrogens is 1. The third-order valence-electron chi connectivity index (χ3n) is 6.88. The van der Waals surface area contributed by atoms with E-state index < -0.39 is 35.6 Å². The average molecular weight is 612 g/mol. The molecule has 43 heavy (non-hydrogen) atoms. The van der Waals surface area contributed by atoms with E-state index in [1.165, 1.54) is 57.6 Å². The van der Waals surface area contributed by atoms with E-state index in [2.05, 4.69) is 14.4 Å². The highest BCUT2D eigenvalue weighted by molar-refractivity contribution is 5.90. The van der Waals surface area contributed by atoms with E-state index >= 15 is 0 Å². The number of unbranched alkanes of at least 4 members (excludes halogenated alkanes) is 1. The Hall–Kier alpha value is -4.17. The molecule has 0 bridgehead atoms. The second-order valence-electron chi connectivity index (χ2n) is 9.99. The van der Waals surface area contributed by atoms with Gasteiger partial charge in [0.2, 0.25) is 0 Å². The Bertz CT molecular complexity index is 1240. The molecule has 0 radical (unpaired) electrons. The number of rotatable bonds is 9. The number of piperazine rings is 1. The van der Waals surface area contributed by atoms with Gasteiger partial charge in [0.1, 0.15) is 0 Å². The second-order valence-corrected chi connectivity index (χ2v) is 9.99. The van der Waals surface area contributed by atoms with Crippen molar-refractivity contribution in [3.63, 3.8) is 0 Å². The minimum absolute atomic E-state index is 0.558. The zero-order valence-corrected chi connectivity index (χ0v) is 23.4. The van der Waals surface area contributed by atoms with Gasteiger partial charge in [-0.05, 0) is 63.0 Å². The van der Waals surface area contributed by atoms with Crippen LogP contribution in [0.25, 0.3) is 10.9 Å². The van der Waals surface area contributed by atoms with Crippen LogP contribution in [-0.4, -0.2) is 97.4 Å². The van der Waals surface area contributed by atoms with Crippen molar-refractivity contribution in [3.8, 4) is 0 Å². The number of aliphatic carboxylic acids is 4. The van der Waals surface area contributed by atoms with E-state index in [1.807, 2.05) is 6.20 Å². The highest BCUT2D eigenvalue weighted by atomic mass is 19.4. The summed E-state index contributed by atoms with van der Waals surface area (Å²) in [7, 11) is 0. The van der Waals surface area contributed by atoms with Crippen molar-refractivity contribution in [1.29, 1.82) is 0 Å². The molecular formula is C29H36F3N3O8. The van der Waals surface area contributed by atoms with Crippen LogP contribution in [0.5, 0.6) is 0 Å². The number of hydrogen-bond donors (Lipinski definition) is 4. The summed E-state index contributed by atoms with van der Waals surface area (Å²) < 4.78 is 40.6. The molecule has 2 aliphatic heterocycles. The molecule has 1 unspecified atom stereocenters. The number of fused-ring (bicyclic) bond motifs is 2. The molecule has 0 aliphatic carbocycles. The first-order valence-electron chi connectivity index (χ1n) is 13.7. The normalized spacial score (nSPS) is 17.5. The SMILES string of the molecule is FC(F)(F)c1ccc2c(ccn2CCCCN2CCN3CCCCC3C2)c1.O=C(O)/C=C/C(=O)O.O=C(O)/C=C/C(=O)O. The fraction of sp³-hybridized carbons (Fsp3) is 0.448. The minimum atomic E-state index is -4.28. The molecule has 0 saturated carbocycles. The van der Waals surface area contributed by atoms with Crippen molar-refractivity contribution < 1.29 is 52.8 Å². The lowest BCUT2D eigenvalue weighted by Gasteiger charge is -2.44. The highest BCUT2D eigenvalue weighted by Gasteiger charge is 2.31. The summed E-state index contributed by atoms with van der Waals surface area (Å²) in [4.78, 5) is 43.5. The molecule has 0 spiro atoms. The second kappa shape index (κ2) is 17.1. The number of aryl methyl sites for hydroxylation is 1. The molecule has 14 heteroatoms. The van der Waals surface area contributed by atoms with Crippen molar-refractivity contribution in [2.45, 2.75) is 50.9 Å². The molecule has 3 heterocycles. The molecule has 2 aromatic rings. The van der Waals surface area contributed by atoms with Gasteiger partial charge in [0.15, 0.2) is 0 Å². The Kier molecular flexibility index (Phi) is 13.9. The maximum atomic E-state index is 12.8. The molecule has 4 rings (SSSR count). The molecule has 1 atom stereocenters. The smallest absolute Gasteiger partial charge is 0.416 e. The molecule has 236 valence electrons. The first-order valence-corrected chi connectivity index (χ1v) is 13.7. The minimum Gasteiger partial charge on any atom is -0.478 e. The molecule has 0 amide bonds. The van der Waals surface area contributed by atoms with Gasteiger partial charge in [-0.25, -0.2) is 19.2 Å². The first-order chi connectivity index (χ1) is 20.3. The topological polar surface area (TPSA) is 161 Å². The lowest BCUT2D eigenvalue weighted by atomic mass is 9.99. The van der Waals surface area contributed by atoms with Crippen LogP contribution in [0.1, 0.15) is 37.7 Å². The molecule has 1 aromatic heterocycles. The van der Waals surface area contributed by atoms with Gasteiger partial charge in [-0.2, -0.15) is 13.2 Å². The zero-order valence-electron chi connectivity index (χ0n) is 23.4. The van der Waals surface area contributed by atoms with Gasteiger partial charge in [-0.1, -0.05) is 6.42 Å². The summed E-state index contributed by atoms with van der Waals surface area (Å²) in [6.07, 6.45) is 6.10. The Labute approximate surface area is 246 Å². The number of hydrogen-bond acceptors (Lipinski definition) is 6. The molecule has 2 aliphatic rings. The number of alkyl halides is 3. The summed E-state index contributed by atoms with van der Waals surface area (Å²) in [6.45, 7) is 6.83. The Morgan fingerprint density at radius 1 is 0.791 bits per heavy atom. The zero-order chi connectivity index (χ0) is 32.0. The maximum absolute atomic E-state index is 12.8. The van der Waals surface area contributed by atoms with Crippen LogP contribution in [0.2, 0.25) is 0 Å². The van der Waals surface area contributed by atoms with E-state index in [0.29, 0.717) is 29.7 Å². The number of carboxylic acids is 4. The summed E-state index contributed by atoms with van der Waals surface area (Å²) in [6, 6.07) is 6.56. The summed E-state index contributed by atoms with van der Waals surface area (Å²) in [5.74, 6) is -5.03. The maximum Gasteiger partial charge on any atom is 0.416 e. The van der Waals surface area contributed by atoms with Crippen LogP contribution in [0.4, 0.5) is 13.2 Å². The first kappa shape index (κ1) is 35.0. The third kappa shape index (κ3) is 13.1. The van der Waals surface area contributed by atoms with Crippen LogP contribution in [0.15, 0.2) is 54.8 Å². The van der Waals surface area contributed by atoms with E-state index in [-0.39, 0.29) is 0 Å². The van der Waals surface area contributed by atoms with Crippen molar-refractivity contribution in [1.82, 2.24) is 14.4 Å². The number of halogens is 3. The van der Waals surface area contributed by atoms with Gasteiger partial charge in [-0.3, -0.25) is 4.90 Å². The van der Waals surface area contributed by atoms with Crippen LogP contribution < -0.4 is 0 Å². The predicted molar refractivity (Wildman–Crippen MR) is 151 cm³/mol. The number of carbonyl (C=O) groups is 4. The van der Waals surface area contributed by atoms with E-state index in [9.17, 15) is 32.3 Å². The Balaban J connectivity index is 0.000000334. The average Bonchev–Trinajstić information content (AvgIpc) is 3.35. The molecular weight excluding hydrogens is 575 g/mol. The quantitative estimate of drug-likeness (QED) is 0.241.